The third kappa shape index (κ3) is 5.68. The number of carbonyl (C=O) groups is 2. The number of piperidine rings is 1. The molecule has 37 heavy (non-hydrogen) atoms. The van der Waals surface area contributed by atoms with Gasteiger partial charge in [-0.2, -0.15) is 0 Å². The maximum Gasteiger partial charge on any atom is 0.226 e. The Morgan fingerprint density at radius 1 is 1.22 bits per heavy atom. The topological polar surface area (TPSA) is 67.7 Å². The van der Waals surface area contributed by atoms with Crippen LogP contribution >= 0.6 is 0 Å². The molecule has 0 saturated carbocycles. The molecule has 1 aromatic heterocycles. The van der Waals surface area contributed by atoms with E-state index in [0.29, 0.717) is 18.8 Å². The number of ether oxygens (including phenoxy) is 1. The van der Waals surface area contributed by atoms with E-state index in [1.807, 2.05) is 47.7 Å². The van der Waals surface area contributed by atoms with Gasteiger partial charge in [0.1, 0.15) is 11.6 Å². The van der Waals surface area contributed by atoms with E-state index in [2.05, 4.69) is 4.98 Å². The van der Waals surface area contributed by atoms with Crippen LogP contribution < -0.4 is 4.74 Å². The molecule has 0 bridgehead atoms. The Bertz CT molecular complexity index is 1260. The number of aryl methyl sites for hydroxylation is 1. The van der Waals surface area contributed by atoms with Crippen molar-refractivity contribution in [2.45, 2.75) is 45.6 Å². The van der Waals surface area contributed by atoms with Crippen LogP contribution in [0.3, 0.4) is 0 Å². The van der Waals surface area contributed by atoms with E-state index in [9.17, 15) is 14.0 Å². The lowest BCUT2D eigenvalue weighted by molar-refractivity contribution is -0.142. The Hall–Kier alpha value is -3.68. The van der Waals surface area contributed by atoms with Crippen LogP contribution in [0.15, 0.2) is 55.0 Å². The van der Waals surface area contributed by atoms with Gasteiger partial charge in [-0.05, 0) is 62.1 Å². The number of methoxy groups -OCH3 is 1. The lowest BCUT2D eigenvalue weighted by atomic mass is 9.79. The lowest BCUT2D eigenvalue weighted by Gasteiger charge is -2.40. The molecule has 1 aliphatic rings. The standard InChI is InChI=1S/C29H35FN4O3/c1-19-16-33(18-31-19)27-13-10-23(15-28(27)37-5)26(17-32(4)21(3)35)25-7-6-14-34(29(25)36)20(2)22-8-11-24(30)12-9-22/h8-13,15-16,18,20,25-26H,6-7,14,17H2,1-5H3/t20-,25?,26?/m0/s1. The van der Waals surface area contributed by atoms with Crippen LogP contribution in [0.4, 0.5) is 4.39 Å². The van der Waals surface area contributed by atoms with Crippen LogP contribution in [0, 0.1) is 18.7 Å². The summed E-state index contributed by atoms with van der Waals surface area (Å²) in [6.07, 6.45) is 5.25. The molecule has 1 saturated heterocycles. The first-order valence-corrected chi connectivity index (χ1v) is 12.7. The summed E-state index contributed by atoms with van der Waals surface area (Å²) in [6, 6.07) is 12.1. The van der Waals surface area contributed by atoms with Crippen molar-refractivity contribution in [2.24, 2.45) is 5.92 Å². The zero-order chi connectivity index (χ0) is 26.7. The molecule has 8 heteroatoms. The maximum absolute atomic E-state index is 13.9. The number of benzene rings is 2. The molecule has 196 valence electrons. The zero-order valence-corrected chi connectivity index (χ0v) is 22.1. The fourth-order valence-corrected chi connectivity index (χ4v) is 5.19. The predicted octanol–water partition coefficient (Wildman–Crippen LogP) is 4.89. The van der Waals surface area contributed by atoms with E-state index < -0.39 is 0 Å². The third-order valence-electron chi connectivity index (χ3n) is 7.45. The molecule has 0 spiro atoms. The minimum Gasteiger partial charge on any atom is -0.495 e. The molecule has 3 atom stereocenters. The summed E-state index contributed by atoms with van der Waals surface area (Å²) in [4.78, 5) is 34.0. The van der Waals surface area contributed by atoms with Crippen LogP contribution in [-0.2, 0) is 9.59 Å². The van der Waals surface area contributed by atoms with Crippen LogP contribution in [0.1, 0.15) is 55.5 Å². The van der Waals surface area contributed by atoms with E-state index in [4.69, 9.17) is 4.74 Å². The summed E-state index contributed by atoms with van der Waals surface area (Å²) in [5, 5.41) is 0. The van der Waals surface area contributed by atoms with Crippen molar-refractivity contribution in [1.82, 2.24) is 19.4 Å². The average molecular weight is 507 g/mol. The van der Waals surface area contributed by atoms with Gasteiger partial charge in [0.15, 0.2) is 0 Å². The van der Waals surface area contributed by atoms with E-state index in [0.717, 1.165) is 35.3 Å². The lowest BCUT2D eigenvalue weighted by Crippen LogP contribution is -2.46. The van der Waals surface area contributed by atoms with Gasteiger partial charge in [-0.25, -0.2) is 9.37 Å². The average Bonchev–Trinajstić information content (AvgIpc) is 3.33. The Labute approximate surface area is 217 Å². The van der Waals surface area contributed by atoms with Crippen LogP contribution in [0.5, 0.6) is 5.75 Å². The van der Waals surface area contributed by atoms with Gasteiger partial charge in [0.2, 0.25) is 11.8 Å². The highest BCUT2D eigenvalue weighted by Crippen LogP contribution is 2.38. The Kier molecular flexibility index (Phi) is 7.95. The zero-order valence-electron chi connectivity index (χ0n) is 22.1. The Morgan fingerprint density at radius 3 is 2.54 bits per heavy atom. The fourth-order valence-electron chi connectivity index (χ4n) is 5.19. The van der Waals surface area contributed by atoms with Gasteiger partial charge in [0.05, 0.1) is 30.9 Å². The maximum atomic E-state index is 13.9. The molecule has 4 rings (SSSR count). The molecule has 3 aromatic rings. The highest BCUT2D eigenvalue weighted by Gasteiger charge is 2.38. The minimum atomic E-state index is -0.301. The smallest absolute Gasteiger partial charge is 0.226 e. The second kappa shape index (κ2) is 11.2. The summed E-state index contributed by atoms with van der Waals surface area (Å²) in [7, 11) is 3.39. The van der Waals surface area contributed by atoms with Crippen molar-refractivity contribution < 1.29 is 18.7 Å². The first-order valence-electron chi connectivity index (χ1n) is 12.7. The van der Waals surface area contributed by atoms with Crippen LogP contribution in [0.2, 0.25) is 0 Å². The number of imidazole rings is 1. The van der Waals surface area contributed by atoms with Crippen molar-refractivity contribution in [3.8, 4) is 11.4 Å². The molecular formula is C29H35FN4O3. The van der Waals surface area contributed by atoms with Gasteiger partial charge >= 0.3 is 0 Å². The first-order chi connectivity index (χ1) is 17.7. The molecule has 1 fully saturated rings. The second-order valence-electron chi connectivity index (χ2n) is 9.87. The summed E-state index contributed by atoms with van der Waals surface area (Å²) >= 11 is 0. The van der Waals surface area contributed by atoms with E-state index in [1.165, 1.54) is 19.1 Å². The number of rotatable bonds is 8. The van der Waals surface area contributed by atoms with Gasteiger partial charge in [-0.15, -0.1) is 0 Å². The summed E-state index contributed by atoms with van der Waals surface area (Å²) in [5.74, 6) is -0.137. The number of aromatic nitrogens is 2. The fraction of sp³-hybridized carbons (Fsp3) is 0.414. The van der Waals surface area contributed by atoms with Gasteiger partial charge in [0, 0.05) is 45.1 Å². The summed E-state index contributed by atoms with van der Waals surface area (Å²) in [6.45, 7) is 6.50. The highest BCUT2D eigenvalue weighted by molar-refractivity contribution is 5.81. The van der Waals surface area contributed by atoms with Gasteiger partial charge in [0.25, 0.3) is 0 Å². The van der Waals surface area contributed by atoms with Crippen LogP contribution in [-0.4, -0.2) is 58.4 Å². The molecule has 2 heterocycles. The SMILES string of the molecule is COc1cc(C(CN(C)C(C)=O)C2CCCN([C@@H](C)c3ccc(F)cc3)C2=O)ccc1-n1cnc(C)c1. The van der Waals surface area contributed by atoms with E-state index in [-0.39, 0.29) is 35.5 Å². The molecule has 7 nitrogen and oxygen atoms in total. The Balaban J connectivity index is 1.68. The van der Waals surface area contributed by atoms with Gasteiger partial charge < -0.3 is 19.1 Å². The van der Waals surface area contributed by atoms with E-state index in [1.54, 1.807) is 37.5 Å². The molecule has 0 aliphatic carbocycles. The molecular weight excluding hydrogens is 471 g/mol. The summed E-state index contributed by atoms with van der Waals surface area (Å²) < 4.78 is 21.1. The Morgan fingerprint density at radius 2 is 1.92 bits per heavy atom. The number of nitrogens with zero attached hydrogens (tertiary/aromatic N) is 4. The quantitative estimate of drug-likeness (QED) is 0.436. The number of carbonyl (C=O) groups excluding carboxylic acids is 2. The van der Waals surface area contributed by atoms with Crippen molar-refractivity contribution in [3.63, 3.8) is 0 Å². The van der Waals surface area contributed by atoms with E-state index >= 15 is 0 Å². The van der Waals surface area contributed by atoms with Crippen molar-refractivity contribution in [2.75, 3.05) is 27.2 Å². The highest BCUT2D eigenvalue weighted by atomic mass is 19.1. The predicted molar refractivity (Wildman–Crippen MR) is 140 cm³/mol. The molecule has 2 aromatic carbocycles. The number of halogens is 1. The third-order valence-corrected chi connectivity index (χ3v) is 7.45. The monoisotopic (exact) mass is 506 g/mol. The normalized spacial score (nSPS) is 17.4. The minimum absolute atomic E-state index is 0.0535. The number of hydrogen-bond acceptors (Lipinski definition) is 4. The molecule has 0 N–H and O–H groups in total. The van der Waals surface area contributed by atoms with Crippen molar-refractivity contribution >= 4 is 11.8 Å². The number of amides is 2. The van der Waals surface area contributed by atoms with Gasteiger partial charge in [-0.3, -0.25) is 9.59 Å². The molecule has 2 unspecified atom stereocenters. The van der Waals surface area contributed by atoms with Crippen molar-refractivity contribution in [3.05, 3.63) is 77.6 Å². The van der Waals surface area contributed by atoms with Crippen LogP contribution in [0.25, 0.3) is 5.69 Å². The van der Waals surface area contributed by atoms with Gasteiger partial charge in [-0.1, -0.05) is 18.2 Å². The molecule has 1 aliphatic heterocycles. The number of hydrogen-bond donors (Lipinski definition) is 0. The first kappa shape index (κ1) is 26.4. The number of likely N-dealkylation sites (N-methyl/N-ethyl adjacent to an activating group) is 1. The largest absolute Gasteiger partial charge is 0.495 e. The summed E-state index contributed by atoms with van der Waals surface area (Å²) in [5.41, 5.74) is 3.59. The number of likely N-dealkylation sites (tertiary alicyclic amines) is 1. The second-order valence-corrected chi connectivity index (χ2v) is 9.87. The van der Waals surface area contributed by atoms with Crippen molar-refractivity contribution in [1.29, 1.82) is 0 Å². The molecule has 0 radical (unpaired) electrons. The molecule has 2 amide bonds.